The first-order valence-electron chi connectivity index (χ1n) is 9.22. The van der Waals surface area contributed by atoms with Crippen molar-refractivity contribution in [1.29, 1.82) is 5.26 Å². The van der Waals surface area contributed by atoms with E-state index in [9.17, 15) is 14.4 Å². The van der Waals surface area contributed by atoms with Crippen molar-refractivity contribution < 1.29 is 9.18 Å². The minimum absolute atomic E-state index is 0.0272. The molecule has 1 saturated carbocycles. The summed E-state index contributed by atoms with van der Waals surface area (Å²) in [5, 5.41) is 12.7. The molecule has 1 N–H and O–H groups in total. The topological polar surface area (TPSA) is 69.0 Å². The second-order valence-corrected chi connectivity index (χ2v) is 7.41. The maximum absolute atomic E-state index is 14.1. The minimum atomic E-state index is -0.345. The van der Waals surface area contributed by atoms with E-state index in [4.69, 9.17) is 0 Å². The van der Waals surface area contributed by atoms with Crippen LogP contribution in [0.5, 0.6) is 0 Å². The fourth-order valence-electron chi connectivity index (χ4n) is 4.29. The second kappa shape index (κ2) is 6.66. The lowest BCUT2D eigenvalue weighted by atomic mass is 9.80. The van der Waals surface area contributed by atoms with Gasteiger partial charge in [-0.3, -0.25) is 4.79 Å². The molecule has 2 aromatic rings. The molecule has 0 bridgehead atoms. The number of pyridine rings is 1. The first kappa shape index (κ1) is 17.5. The quantitative estimate of drug-likeness (QED) is 0.893. The highest BCUT2D eigenvalue weighted by Gasteiger charge is 2.47. The molecule has 6 heteroatoms. The molecular weight excluding hydrogens is 343 g/mol. The van der Waals surface area contributed by atoms with E-state index in [-0.39, 0.29) is 29.7 Å². The van der Waals surface area contributed by atoms with Crippen molar-refractivity contribution in [3.05, 3.63) is 53.5 Å². The van der Waals surface area contributed by atoms with E-state index in [2.05, 4.69) is 23.3 Å². The molecule has 0 radical (unpaired) electrons. The summed E-state index contributed by atoms with van der Waals surface area (Å²) in [6, 6.07) is 9.94. The number of nitrogens with one attached hydrogen (secondary N) is 1. The van der Waals surface area contributed by atoms with Crippen LogP contribution in [0, 0.1) is 29.0 Å². The van der Waals surface area contributed by atoms with Crippen LogP contribution >= 0.6 is 0 Å². The van der Waals surface area contributed by atoms with Gasteiger partial charge in [0.2, 0.25) is 5.91 Å². The van der Waals surface area contributed by atoms with Crippen molar-refractivity contribution in [3.63, 3.8) is 0 Å². The molecule has 3 atom stereocenters. The maximum Gasteiger partial charge on any atom is 0.224 e. The van der Waals surface area contributed by atoms with Gasteiger partial charge in [0.05, 0.1) is 11.6 Å². The van der Waals surface area contributed by atoms with Crippen LogP contribution in [0.4, 0.5) is 15.9 Å². The highest BCUT2D eigenvalue weighted by molar-refractivity contribution is 5.94. The number of carbonyl (C=O) groups excluding carboxylic acids is 1. The SMILES string of the molecule is CC(=O)N1c2ccc(F)cc2[C@H](Nc2ncccc2C#N)C(C)[C@@H]1C1CC1. The zero-order valence-corrected chi connectivity index (χ0v) is 15.3. The number of nitrogens with zero attached hydrogens (tertiary/aromatic N) is 3. The van der Waals surface area contributed by atoms with Crippen molar-refractivity contribution in [3.8, 4) is 6.07 Å². The average molecular weight is 364 g/mol. The zero-order valence-electron chi connectivity index (χ0n) is 15.3. The lowest BCUT2D eigenvalue weighted by Gasteiger charge is -2.45. The van der Waals surface area contributed by atoms with Crippen molar-refractivity contribution in [2.75, 3.05) is 10.2 Å². The van der Waals surface area contributed by atoms with Gasteiger partial charge in [-0.2, -0.15) is 5.26 Å². The molecule has 4 rings (SSSR count). The summed E-state index contributed by atoms with van der Waals surface area (Å²) in [4.78, 5) is 18.6. The predicted molar refractivity (Wildman–Crippen MR) is 101 cm³/mol. The Balaban J connectivity index is 1.83. The number of benzene rings is 1. The number of nitriles is 1. The van der Waals surface area contributed by atoms with Gasteiger partial charge < -0.3 is 10.2 Å². The summed E-state index contributed by atoms with van der Waals surface area (Å²) < 4.78 is 14.1. The standard InChI is InChI=1S/C21H21FN4O/c1-12-19(25-21-15(11-23)4-3-9-24-21)17-10-16(22)7-8-18(17)26(13(2)27)20(12)14-5-6-14/h3-4,7-10,12,14,19-20H,5-6H2,1-2H3,(H,24,25)/t12?,19-,20-/m1/s1. The lowest BCUT2D eigenvalue weighted by Crippen LogP contribution is -2.51. The molecule has 1 aliphatic heterocycles. The molecule has 0 saturated heterocycles. The normalized spacial score (nSPS) is 24.1. The third-order valence-electron chi connectivity index (χ3n) is 5.61. The van der Waals surface area contributed by atoms with Crippen molar-refractivity contribution in [1.82, 2.24) is 4.98 Å². The van der Waals surface area contributed by atoms with Crippen LogP contribution in [0.2, 0.25) is 0 Å². The predicted octanol–water partition coefficient (Wildman–Crippen LogP) is 4.03. The van der Waals surface area contributed by atoms with E-state index < -0.39 is 0 Å². The fourth-order valence-corrected chi connectivity index (χ4v) is 4.29. The Hall–Kier alpha value is -2.94. The van der Waals surface area contributed by atoms with E-state index in [1.54, 1.807) is 31.3 Å². The molecule has 1 aromatic heterocycles. The Morgan fingerprint density at radius 2 is 2.15 bits per heavy atom. The van der Waals surface area contributed by atoms with Crippen LogP contribution in [0.25, 0.3) is 0 Å². The first-order chi connectivity index (χ1) is 13.0. The van der Waals surface area contributed by atoms with E-state index in [0.717, 1.165) is 24.1 Å². The largest absolute Gasteiger partial charge is 0.362 e. The molecule has 1 fully saturated rings. The van der Waals surface area contributed by atoms with Gasteiger partial charge in [0.1, 0.15) is 17.7 Å². The van der Waals surface area contributed by atoms with Gasteiger partial charge >= 0.3 is 0 Å². The summed E-state index contributed by atoms with van der Waals surface area (Å²) in [6.07, 6.45) is 3.81. The molecule has 1 aliphatic carbocycles. The summed E-state index contributed by atoms with van der Waals surface area (Å²) in [5.41, 5.74) is 1.91. The van der Waals surface area contributed by atoms with Gasteiger partial charge in [-0.15, -0.1) is 0 Å². The third-order valence-corrected chi connectivity index (χ3v) is 5.61. The summed E-state index contributed by atoms with van der Waals surface area (Å²) in [5.74, 6) is 0.607. The van der Waals surface area contributed by atoms with Crippen LogP contribution in [-0.4, -0.2) is 16.9 Å². The van der Waals surface area contributed by atoms with Gasteiger partial charge in [0.15, 0.2) is 0 Å². The molecule has 0 spiro atoms. The molecule has 138 valence electrons. The van der Waals surface area contributed by atoms with Crippen LogP contribution in [0.1, 0.15) is 43.9 Å². The Labute approximate surface area is 157 Å². The number of carbonyl (C=O) groups is 1. The zero-order chi connectivity index (χ0) is 19.1. The minimum Gasteiger partial charge on any atom is -0.362 e. The molecule has 5 nitrogen and oxygen atoms in total. The molecular formula is C21H21FN4O. The Morgan fingerprint density at radius 1 is 1.37 bits per heavy atom. The van der Waals surface area contributed by atoms with Gasteiger partial charge in [0.25, 0.3) is 0 Å². The Morgan fingerprint density at radius 3 is 2.81 bits per heavy atom. The number of fused-ring (bicyclic) bond motifs is 1. The van der Waals surface area contributed by atoms with Crippen molar-refractivity contribution >= 4 is 17.4 Å². The maximum atomic E-state index is 14.1. The highest BCUT2D eigenvalue weighted by Crippen LogP contribution is 2.50. The van der Waals surface area contributed by atoms with E-state index in [0.29, 0.717) is 17.3 Å². The monoisotopic (exact) mass is 364 g/mol. The summed E-state index contributed by atoms with van der Waals surface area (Å²) in [6.45, 7) is 3.65. The van der Waals surface area contributed by atoms with E-state index in [1.807, 2.05) is 4.90 Å². The molecule has 1 aromatic carbocycles. The summed E-state index contributed by atoms with van der Waals surface area (Å²) >= 11 is 0. The van der Waals surface area contributed by atoms with Crippen molar-refractivity contribution in [2.45, 2.75) is 38.8 Å². The Kier molecular flexibility index (Phi) is 4.31. The van der Waals surface area contributed by atoms with Crippen molar-refractivity contribution in [2.24, 2.45) is 11.8 Å². The number of hydrogen-bond donors (Lipinski definition) is 1. The number of halogens is 1. The smallest absolute Gasteiger partial charge is 0.224 e. The number of amides is 1. The van der Waals surface area contributed by atoms with E-state index >= 15 is 0 Å². The second-order valence-electron chi connectivity index (χ2n) is 7.41. The number of hydrogen-bond acceptors (Lipinski definition) is 4. The van der Waals surface area contributed by atoms with Crippen LogP contribution < -0.4 is 10.2 Å². The fraction of sp³-hybridized carbons (Fsp3) is 0.381. The molecule has 2 aliphatic rings. The summed E-state index contributed by atoms with van der Waals surface area (Å²) in [7, 11) is 0. The van der Waals surface area contributed by atoms with E-state index in [1.165, 1.54) is 12.1 Å². The lowest BCUT2D eigenvalue weighted by molar-refractivity contribution is -0.117. The molecule has 1 amide bonds. The van der Waals surface area contributed by atoms with Gasteiger partial charge in [-0.05, 0) is 49.1 Å². The number of aromatic nitrogens is 1. The molecule has 2 heterocycles. The molecule has 1 unspecified atom stereocenters. The highest BCUT2D eigenvalue weighted by atomic mass is 19.1. The number of rotatable bonds is 3. The number of anilines is 2. The van der Waals surface area contributed by atoms with Gasteiger partial charge in [0, 0.05) is 36.3 Å². The third kappa shape index (κ3) is 3.03. The van der Waals surface area contributed by atoms with Crippen LogP contribution in [-0.2, 0) is 4.79 Å². The van der Waals surface area contributed by atoms with Gasteiger partial charge in [-0.25, -0.2) is 9.37 Å². The van der Waals surface area contributed by atoms with Crippen LogP contribution in [0.15, 0.2) is 36.5 Å². The van der Waals surface area contributed by atoms with Crippen LogP contribution in [0.3, 0.4) is 0 Å². The first-order valence-corrected chi connectivity index (χ1v) is 9.22. The van der Waals surface area contributed by atoms with Gasteiger partial charge in [-0.1, -0.05) is 6.92 Å². The average Bonchev–Trinajstić information content (AvgIpc) is 3.48. The Bertz CT molecular complexity index is 934. The molecule has 27 heavy (non-hydrogen) atoms.